The minimum atomic E-state index is -0.292. The standard InChI is InChI=1S/C17H28N2O2/c1-15-3-5-17(6-4-15)14-19(13-16(2)20)8-7-18-9-11-21-12-10-18/h3-6,16,20H,7-14H2,1-2H3. The number of hydrogen-bond donors (Lipinski definition) is 1. The van der Waals surface area contributed by atoms with E-state index < -0.39 is 0 Å². The summed E-state index contributed by atoms with van der Waals surface area (Å²) in [5.74, 6) is 0. The zero-order valence-electron chi connectivity index (χ0n) is 13.3. The molecule has 1 aromatic carbocycles. The topological polar surface area (TPSA) is 35.9 Å². The Kier molecular flexibility index (Phi) is 6.64. The first kappa shape index (κ1) is 16.4. The molecule has 1 aliphatic heterocycles. The second-order valence-electron chi connectivity index (χ2n) is 6.02. The largest absolute Gasteiger partial charge is 0.392 e. The maximum atomic E-state index is 9.71. The number of aryl methyl sites for hydroxylation is 1. The first-order chi connectivity index (χ1) is 10.1. The third-order valence-corrected chi connectivity index (χ3v) is 3.89. The lowest BCUT2D eigenvalue weighted by atomic mass is 10.1. The number of morpholine rings is 1. The lowest BCUT2D eigenvalue weighted by Crippen LogP contribution is -2.42. The van der Waals surface area contributed by atoms with Crippen molar-refractivity contribution in [3.8, 4) is 0 Å². The van der Waals surface area contributed by atoms with Gasteiger partial charge < -0.3 is 9.84 Å². The van der Waals surface area contributed by atoms with Gasteiger partial charge in [0.25, 0.3) is 0 Å². The fraction of sp³-hybridized carbons (Fsp3) is 0.647. The Morgan fingerprint density at radius 3 is 2.52 bits per heavy atom. The highest BCUT2D eigenvalue weighted by Crippen LogP contribution is 2.08. The van der Waals surface area contributed by atoms with Crippen molar-refractivity contribution in [2.24, 2.45) is 0 Å². The number of rotatable bonds is 7. The molecule has 4 nitrogen and oxygen atoms in total. The lowest BCUT2D eigenvalue weighted by molar-refractivity contribution is 0.0299. The molecule has 0 aromatic heterocycles. The minimum absolute atomic E-state index is 0.292. The average Bonchev–Trinajstić information content (AvgIpc) is 2.48. The normalized spacial score (nSPS) is 18.1. The molecule has 0 spiro atoms. The van der Waals surface area contributed by atoms with Gasteiger partial charge >= 0.3 is 0 Å². The van der Waals surface area contributed by atoms with Crippen LogP contribution in [0.25, 0.3) is 0 Å². The predicted molar refractivity (Wildman–Crippen MR) is 85.4 cm³/mol. The number of nitrogens with zero attached hydrogens (tertiary/aromatic N) is 2. The van der Waals surface area contributed by atoms with Crippen LogP contribution in [-0.2, 0) is 11.3 Å². The van der Waals surface area contributed by atoms with Crippen LogP contribution in [0, 0.1) is 6.92 Å². The van der Waals surface area contributed by atoms with Gasteiger partial charge in [-0.1, -0.05) is 29.8 Å². The molecule has 0 aliphatic carbocycles. The summed E-state index contributed by atoms with van der Waals surface area (Å²) < 4.78 is 5.38. The van der Waals surface area contributed by atoms with Crippen molar-refractivity contribution in [1.82, 2.24) is 9.80 Å². The molecule has 0 bridgehead atoms. The summed E-state index contributed by atoms with van der Waals surface area (Å²) in [6, 6.07) is 8.66. The highest BCUT2D eigenvalue weighted by Gasteiger charge is 2.14. The summed E-state index contributed by atoms with van der Waals surface area (Å²) in [6.07, 6.45) is -0.292. The molecule has 0 saturated carbocycles. The summed E-state index contributed by atoms with van der Waals surface area (Å²) in [5, 5.41) is 9.71. The van der Waals surface area contributed by atoms with Crippen LogP contribution in [0.1, 0.15) is 18.1 Å². The van der Waals surface area contributed by atoms with Gasteiger partial charge in [0.2, 0.25) is 0 Å². The maximum absolute atomic E-state index is 9.71. The predicted octanol–water partition coefficient (Wildman–Crippen LogP) is 1.51. The molecular weight excluding hydrogens is 264 g/mol. The number of benzene rings is 1. The van der Waals surface area contributed by atoms with Gasteiger partial charge in [-0.25, -0.2) is 0 Å². The Morgan fingerprint density at radius 2 is 1.90 bits per heavy atom. The van der Waals surface area contributed by atoms with Gasteiger partial charge in [-0.15, -0.1) is 0 Å². The fourth-order valence-corrected chi connectivity index (χ4v) is 2.67. The summed E-state index contributed by atoms with van der Waals surface area (Å²) in [6.45, 7) is 11.3. The number of hydrogen-bond acceptors (Lipinski definition) is 4. The monoisotopic (exact) mass is 292 g/mol. The van der Waals surface area contributed by atoms with Crippen LogP contribution < -0.4 is 0 Å². The zero-order valence-corrected chi connectivity index (χ0v) is 13.3. The highest BCUT2D eigenvalue weighted by atomic mass is 16.5. The van der Waals surface area contributed by atoms with Crippen LogP contribution in [0.5, 0.6) is 0 Å². The third-order valence-electron chi connectivity index (χ3n) is 3.89. The summed E-state index contributed by atoms with van der Waals surface area (Å²) in [7, 11) is 0. The Morgan fingerprint density at radius 1 is 1.24 bits per heavy atom. The van der Waals surface area contributed by atoms with Crippen LogP contribution in [0.2, 0.25) is 0 Å². The first-order valence-electron chi connectivity index (χ1n) is 7.89. The first-order valence-corrected chi connectivity index (χ1v) is 7.89. The molecule has 4 heteroatoms. The van der Waals surface area contributed by atoms with E-state index >= 15 is 0 Å². The Bertz CT molecular complexity index is 400. The van der Waals surface area contributed by atoms with Gasteiger partial charge in [0.1, 0.15) is 0 Å². The molecule has 1 fully saturated rings. The molecule has 1 atom stereocenters. The van der Waals surface area contributed by atoms with E-state index in [4.69, 9.17) is 4.74 Å². The van der Waals surface area contributed by atoms with E-state index in [0.717, 1.165) is 52.5 Å². The van der Waals surface area contributed by atoms with Gasteiger partial charge in [0, 0.05) is 39.3 Å². The van der Waals surface area contributed by atoms with Crippen molar-refractivity contribution in [1.29, 1.82) is 0 Å². The van der Waals surface area contributed by atoms with Crippen molar-refractivity contribution in [3.05, 3.63) is 35.4 Å². The molecule has 1 aromatic rings. The smallest absolute Gasteiger partial charge is 0.0639 e. The second kappa shape index (κ2) is 8.49. The molecule has 1 N–H and O–H groups in total. The minimum Gasteiger partial charge on any atom is -0.392 e. The molecule has 1 heterocycles. The van der Waals surface area contributed by atoms with E-state index in [-0.39, 0.29) is 6.10 Å². The van der Waals surface area contributed by atoms with Crippen molar-refractivity contribution in [3.63, 3.8) is 0 Å². The van der Waals surface area contributed by atoms with Gasteiger partial charge in [-0.2, -0.15) is 0 Å². The average molecular weight is 292 g/mol. The van der Waals surface area contributed by atoms with Gasteiger partial charge in [-0.05, 0) is 19.4 Å². The number of aliphatic hydroxyl groups excluding tert-OH is 1. The highest BCUT2D eigenvalue weighted by molar-refractivity contribution is 5.21. The quantitative estimate of drug-likeness (QED) is 0.826. The molecule has 118 valence electrons. The summed E-state index contributed by atoms with van der Waals surface area (Å²) in [4.78, 5) is 4.78. The van der Waals surface area contributed by atoms with E-state index in [2.05, 4.69) is 41.0 Å². The van der Waals surface area contributed by atoms with Crippen LogP contribution >= 0.6 is 0 Å². The molecule has 2 rings (SSSR count). The maximum Gasteiger partial charge on any atom is 0.0639 e. The van der Waals surface area contributed by atoms with Crippen molar-refractivity contribution in [2.45, 2.75) is 26.5 Å². The van der Waals surface area contributed by atoms with Crippen LogP contribution in [0.15, 0.2) is 24.3 Å². The number of ether oxygens (including phenoxy) is 1. The lowest BCUT2D eigenvalue weighted by Gasteiger charge is -2.30. The molecule has 21 heavy (non-hydrogen) atoms. The van der Waals surface area contributed by atoms with Crippen LogP contribution in [0.4, 0.5) is 0 Å². The SMILES string of the molecule is Cc1ccc(CN(CCN2CCOCC2)CC(C)O)cc1. The van der Waals surface area contributed by atoms with E-state index in [0.29, 0.717) is 0 Å². The Labute approximate surface area is 128 Å². The Hall–Kier alpha value is -0.940. The van der Waals surface area contributed by atoms with Gasteiger partial charge in [-0.3, -0.25) is 9.80 Å². The summed E-state index contributed by atoms with van der Waals surface area (Å²) >= 11 is 0. The second-order valence-corrected chi connectivity index (χ2v) is 6.02. The fourth-order valence-electron chi connectivity index (χ4n) is 2.67. The van der Waals surface area contributed by atoms with Crippen molar-refractivity contribution < 1.29 is 9.84 Å². The van der Waals surface area contributed by atoms with E-state index in [1.54, 1.807) is 0 Å². The molecular formula is C17H28N2O2. The van der Waals surface area contributed by atoms with Gasteiger partial charge in [0.05, 0.1) is 19.3 Å². The third kappa shape index (κ3) is 6.14. The summed E-state index contributed by atoms with van der Waals surface area (Å²) in [5.41, 5.74) is 2.59. The molecule has 0 radical (unpaired) electrons. The van der Waals surface area contributed by atoms with Gasteiger partial charge in [0.15, 0.2) is 0 Å². The van der Waals surface area contributed by atoms with Crippen molar-refractivity contribution in [2.75, 3.05) is 45.9 Å². The van der Waals surface area contributed by atoms with Crippen LogP contribution in [0.3, 0.4) is 0 Å². The van der Waals surface area contributed by atoms with Crippen LogP contribution in [-0.4, -0.2) is 66.9 Å². The zero-order chi connectivity index (χ0) is 15.1. The Balaban J connectivity index is 1.85. The molecule has 1 saturated heterocycles. The molecule has 1 unspecified atom stereocenters. The van der Waals surface area contributed by atoms with E-state index in [1.165, 1.54) is 11.1 Å². The van der Waals surface area contributed by atoms with E-state index in [1.807, 2.05) is 6.92 Å². The van der Waals surface area contributed by atoms with E-state index in [9.17, 15) is 5.11 Å². The molecule has 1 aliphatic rings. The van der Waals surface area contributed by atoms with Crippen molar-refractivity contribution >= 4 is 0 Å². The number of aliphatic hydroxyl groups is 1. The molecule has 0 amide bonds.